The third-order valence-electron chi connectivity index (χ3n) is 5.82. The van der Waals surface area contributed by atoms with Crippen molar-refractivity contribution in [3.63, 3.8) is 0 Å². The molecule has 0 aliphatic heterocycles. The van der Waals surface area contributed by atoms with Gasteiger partial charge in [0.2, 0.25) is 11.8 Å². The zero-order valence-corrected chi connectivity index (χ0v) is 21.3. The molecular weight excluding hydrogens is 467 g/mol. The number of rotatable bonds is 9. The van der Waals surface area contributed by atoms with E-state index < -0.39 is 6.04 Å². The van der Waals surface area contributed by atoms with E-state index >= 15 is 0 Å². The maximum absolute atomic E-state index is 13.8. The van der Waals surface area contributed by atoms with Crippen LogP contribution in [0, 0.1) is 13.8 Å². The molecule has 0 aliphatic carbocycles. The minimum atomic E-state index is -0.688. The number of carbonyl (C=O) groups is 2. The normalized spacial score (nSPS) is 11.7. The zero-order chi connectivity index (χ0) is 24.7. The molecule has 1 N–H and O–H groups in total. The zero-order valence-electron chi connectivity index (χ0n) is 19.8. The summed E-state index contributed by atoms with van der Waals surface area (Å²) in [5.41, 5.74) is 4.80. The van der Waals surface area contributed by atoms with Gasteiger partial charge in [0.15, 0.2) is 0 Å². The molecule has 0 radical (unpaired) electrons. The molecular formula is C28H30Cl2N2O2. The van der Waals surface area contributed by atoms with Crippen molar-refractivity contribution < 1.29 is 9.59 Å². The number of nitrogens with zero attached hydrogens (tertiary/aromatic N) is 1. The van der Waals surface area contributed by atoms with Gasteiger partial charge in [0.05, 0.1) is 6.42 Å². The lowest BCUT2D eigenvalue weighted by Gasteiger charge is -2.32. The third kappa shape index (κ3) is 6.85. The van der Waals surface area contributed by atoms with Gasteiger partial charge in [-0.05, 0) is 55.2 Å². The van der Waals surface area contributed by atoms with Gasteiger partial charge in [-0.3, -0.25) is 9.59 Å². The fourth-order valence-electron chi connectivity index (χ4n) is 3.93. The first-order valence-corrected chi connectivity index (χ1v) is 12.1. The smallest absolute Gasteiger partial charge is 0.243 e. The number of amides is 2. The molecule has 6 heteroatoms. The lowest BCUT2D eigenvalue weighted by atomic mass is 9.99. The van der Waals surface area contributed by atoms with Crippen LogP contribution in [-0.2, 0) is 29.0 Å². The fourth-order valence-corrected chi connectivity index (χ4v) is 4.40. The molecule has 0 heterocycles. The first-order valence-electron chi connectivity index (χ1n) is 11.4. The molecule has 178 valence electrons. The molecule has 0 fully saturated rings. The summed E-state index contributed by atoms with van der Waals surface area (Å²) in [5, 5.41) is 3.89. The average molecular weight is 497 g/mol. The van der Waals surface area contributed by atoms with Crippen molar-refractivity contribution in [3.8, 4) is 0 Å². The summed E-state index contributed by atoms with van der Waals surface area (Å²) >= 11 is 12.6. The molecule has 0 bridgehead atoms. The van der Waals surface area contributed by atoms with E-state index in [0.717, 1.165) is 27.8 Å². The summed E-state index contributed by atoms with van der Waals surface area (Å²) in [4.78, 5) is 28.7. The number of aryl methyl sites for hydroxylation is 2. The summed E-state index contributed by atoms with van der Waals surface area (Å²) in [6.45, 7) is 6.55. The van der Waals surface area contributed by atoms with E-state index in [1.165, 1.54) is 0 Å². The topological polar surface area (TPSA) is 49.4 Å². The molecule has 1 atom stereocenters. The Hall–Kier alpha value is -2.82. The van der Waals surface area contributed by atoms with E-state index in [2.05, 4.69) is 5.32 Å². The van der Waals surface area contributed by atoms with E-state index in [0.29, 0.717) is 23.0 Å². The monoisotopic (exact) mass is 496 g/mol. The van der Waals surface area contributed by atoms with Crippen LogP contribution in [0.25, 0.3) is 0 Å². The first kappa shape index (κ1) is 25.8. The van der Waals surface area contributed by atoms with Gasteiger partial charge < -0.3 is 10.2 Å². The Labute approximate surface area is 211 Å². The van der Waals surface area contributed by atoms with Gasteiger partial charge in [0.1, 0.15) is 6.04 Å². The summed E-state index contributed by atoms with van der Waals surface area (Å²) in [6, 6.07) is 20.3. The molecule has 3 aromatic rings. The minimum Gasteiger partial charge on any atom is -0.355 e. The summed E-state index contributed by atoms with van der Waals surface area (Å²) in [6.07, 6.45) is 0.597. The van der Waals surface area contributed by atoms with Crippen LogP contribution in [0.1, 0.15) is 34.7 Å². The van der Waals surface area contributed by atoms with Crippen LogP contribution in [0.4, 0.5) is 0 Å². The number of benzene rings is 3. The lowest BCUT2D eigenvalue weighted by molar-refractivity contribution is -0.140. The molecule has 2 amide bonds. The Morgan fingerprint density at radius 2 is 1.68 bits per heavy atom. The Morgan fingerprint density at radius 1 is 0.941 bits per heavy atom. The number of carbonyl (C=O) groups excluding carboxylic acids is 2. The van der Waals surface area contributed by atoms with Crippen LogP contribution in [-0.4, -0.2) is 29.3 Å². The van der Waals surface area contributed by atoms with Gasteiger partial charge in [-0.15, -0.1) is 0 Å². The third-order valence-corrected chi connectivity index (χ3v) is 6.41. The van der Waals surface area contributed by atoms with Crippen LogP contribution >= 0.6 is 23.2 Å². The van der Waals surface area contributed by atoms with Crippen molar-refractivity contribution in [2.24, 2.45) is 0 Å². The number of nitrogens with one attached hydrogen (secondary N) is 1. The van der Waals surface area contributed by atoms with Gasteiger partial charge in [-0.2, -0.15) is 0 Å². The first-order chi connectivity index (χ1) is 16.3. The Kier molecular flexibility index (Phi) is 9.14. The van der Waals surface area contributed by atoms with Crippen molar-refractivity contribution >= 4 is 35.0 Å². The van der Waals surface area contributed by atoms with Crippen LogP contribution < -0.4 is 5.32 Å². The molecule has 34 heavy (non-hydrogen) atoms. The van der Waals surface area contributed by atoms with Crippen molar-refractivity contribution in [1.82, 2.24) is 10.2 Å². The quantitative estimate of drug-likeness (QED) is 0.399. The minimum absolute atomic E-state index is 0.132. The summed E-state index contributed by atoms with van der Waals surface area (Å²) < 4.78 is 0. The molecule has 3 rings (SSSR count). The Morgan fingerprint density at radius 3 is 2.35 bits per heavy atom. The van der Waals surface area contributed by atoms with Crippen LogP contribution in [0.5, 0.6) is 0 Å². The van der Waals surface area contributed by atoms with Crippen molar-refractivity contribution in [1.29, 1.82) is 0 Å². The number of likely N-dealkylation sites (N-methyl/N-ethyl adjacent to an activating group) is 1. The van der Waals surface area contributed by atoms with Gasteiger partial charge >= 0.3 is 0 Å². The summed E-state index contributed by atoms with van der Waals surface area (Å²) in [7, 11) is 0. The SMILES string of the molecule is CCNC(=O)[C@H](Cc1ccccc1)N(Cc1ccc(Cl)cc1Cl)C(=O)Cc1cc(C)ccc1C. The number of hydrogen-bond acceptors (Lipinski definition) is 2. The van der Waals surface area contributed by atoms with E-state index in [1.807, 2.05) is 69.3 Å². The maximum atomic E-state index is 13.8. The van der Waals surface area contributed by atoms with Crippen LogP contribution in [0.15, 0.2) is 66.7 Å². The average Bonchev–Trinajstić information content (AvgIpc) is 2.80. The summed E-state index contributed by atoms with van der Waals surface area (Å²) in [5.74, 6) is -0.322. The molecule has 0 unspecified atom stereocenters. The predicted molar refractivity (Wildman–Crippen MR) is 139 cm³/mol. The Bertz CT molecular complexity index is 1150. The molecule has 0 aromatic heterocycles. The van der Waals surface area contributed by atoms with Crippen molar-refractivity contribution in [3.05, 3.63) is 105 Å². The second-order valence-electron chi connectivity index (χ2n) is 8.46. The maximum Gasteiger partial charge on any atom is 0.243 e. The van der Waals surface area contributed by atoms with Crippen LogP contribution in [0.2, 0.25) is 10.0 Å². The van der Waals surface area contributed by atoms with E-state index in [9.17, 15) is 9.59 Å². The van der Waals surface area contributed by atoms with Gasteiger partial charge in [0.25, 0.3) is 0 Å². The highest BCUT2D eigenvalue weighted by molar-refractivity contribution is 6.35. The van der Waals surface area contributed by atoms with Crippen molar-refractivity contribution in [2.75, 3.05) is 6.54 Å². The largest absolute Gasteiger partial charge is 0.355 e. The van der Waals surface area contributed by atoms with Crippen molar-refractivity contribution in [2.45, 2.75) is 46.2 Å². The van der Waals surface area contributed by atoms with E-state index in [-0.39, 0.29) is 24.8 Å². The molecule has 4 nitrogen and oxygen atoms in total. The standard InChI is InChI=1S/C28H30Cl2N2O2/c1-4-31-28(34)26(15-21-8-6-5-7-9-21)32(18-22-12-13-24(29)17-25(22)30)27(33)16-23-14-19(2)10-11-20(23)3/h5-14,17,26H,4,15-16,18H2,1-3H3,(H,31,34)/t26-/m0/s1. The van der Waals surface area contributed by atoms with Gasteiger partial charge in [0, 0.05) is 29.6 Å². The molecule has 0 saturated carbocycles. The van der Waals surface area contributed by atoms with E-state index in [1.54, 1.807) is 23.1 Å². The predicted octanol–water partition coefficient (Wildman–Crippen LogP) is 5.93. The molecule has 0 aliphatic rings. The number of halogens is 2. The fraction of sp³-hybridized carbons (Fsp3) is 0.286. The lowest BCUT2D eigenvalue weighted by Crippen LogP contribution is -2.51. The molecule has 0 saturated heterocycles. The second kappa shape index (κ2) is 12.0. The highest BCUT2D eigenvalue weighted by atomic mass is 35.5. The van der Waals surface area contributed by atoms with Gasteiger partial charge in [-0.25, -0.2) is 0 Å². The van der Waals surface area contributed by atoms with Gasteiger partial charge in [-0.1, -0.05) is 83.4 Å². The van der Waals surface area contributed by atoms with Crippen LogP contribution in [0.3, 0.4) is 0 Å². The highest BCUT2D eigenvalue weighted by Crippen LogP contribution is 2.25. The molecule has 3 aromatic carbocycles. The Balaban J connectivity index is 2.01. The molecule has 0 spiro atoms. The van der Waals surface area contributed by atoms with E-state index in [4.69, 9.17) is 23.2 Å². The number of hydrogen-bond donors (Lipinski definition) is 1. The second-order valence-corrected chi connectivity index (χ2v) is 9.31. The highest BCUT2D eigenvalue weighted by Gasteiger charge is 2.30.